The first-order valence-electron chi connectivity index (χ1n) is 20.3. The smallest absolute Gasteiger partial charge is 0.159 e. The number of fused-ring (bicyclic) bond motifs is 4. The van der Waals surface area contributed by atoms with Crippen LogP contribution in [0.2, 0.25) is 0 Å². The van der Waals surface area contributed by atoms with Gasteiger partial charge in [-0.05, 0) is 130 Å². The zero-order chi connectivity index (χ0) is 39.8. The molecule has 0 aliphatic carbocycles. The Kier molecular flexibility index (Phi) is 8.24. The molecule has 7 aromatic carbocycles. The summed E-state index contributed by atoms with van der Waals surface area (Å²) in [4.78, 5) is 14.4. The maximum atomic E-state index is 4.75. The highest BCUT2D eigenvalue weighted by Crippen LogP contribution is 2.54. The van der Waals surface area contributed by atoms with Gasteiger partial charge in [0.2, 0.25) is 0 Å². The van der Waals surface area contributed by atoms with Gasteiger partial charge in [-0.15, -0.1) is 0 Å². The van der Waals surface area contributed by atoms with E-state index in [1.807, 2.05) is 18.5 Å². The van der Waals surface area contributed by atoms with E-state index in [9.17, 15) is 0 Å². The quantitative estimate of drug-likeness (QED) is 0.175. The summed E-state index contributed by atoms with van der Waals surface area (Å²) in [5.74, 6) is 0.704. The molecule has 4 nitrogen and oxygen atoms in total. The maximum Gasteiger partial charge on any atom is 0.159 e. The molecule has 0 spiro atoms. The fourth-order valence-electron chi connectivity index (χ4n) is 9.73. The summed E-state index contributed by atoms with van der Waals surface area (Å²) in [5.41, 5.74) is 20.2. The molecule has 0 atom stereocenters. The van der Waals surface area contributed by atoms with Crippen LogP contribution < -0.4 is 9.80 Å². The van der Waals surface area contributed by atoms with E-state index in [2.05, 4.69) is 203 Å². The van der Waals surface area contributed by atoms with E-state index in [4.69, 9.17) is 9.97 Å². The predicted molar refractivity (Wildman–Crippen MR) is 241 cm³/mol. The minimum absolute atomic E-state index is 0.130. The van der Waals surface area contributed by atoms with Crippen LogP contribution in [0.4, 0.5) is 34.1 Å². The van der Waals surface area contributed by atoms with E-state index in [-0.39, 0.29) is 10.8 Å². The molecule has 3 heterocycles. The molecule has 0 saturated heterocycles. The maximum absolute atomic E-state index is 4.75. The van der Waals surface area contributed by atoms with Crippen LogP contribution in [0.1, 0.15) is 61.1 Å². The van der Waals surface area contributed by atoms with Crippen molar-refractivity contribution in [3.05, 3.63) is 203 Å². The fraction of sp³-hybridized carbons (Fsp3) is 0.148. The van der Waals surface area contributed by atoms with Crippen LogP contribution in [0.3, 0.4) is 0 Å². The number of hydrogen-bond acceptors (Lipinski definition) is 4. The topological polar surface area (TPSA) is 32.3 Å². The molecule has 1 aromatic heterocycles. The van der Waals surface area contributed by atoms with Crippen molar-refractivity contribution in [2.24, 2.45) is 0 Å². The van der Waals surface area contributed by atoms with E-state index in [1.165, 1.54) is 78.6 Å². The molecular weight excluding hydrogens is 705 g/mol. The fourth-order valence-corrected chi connectivity index (χ4v) is 9.73. The molecule has 2 aliphatic rings. The average Bonchev–Trinajstić information content (AvgIpc) is 3.25. The molecular formula is C54H46N4. The normalized spacial score (nSPS) is 14.6. The molecule has 10 rings (SSSR count). The van der Waals surface area contributed by atoms with Gasteiger partial charge in [-0.25, -0.2) is 9.97 Å². The molecule has 0 bridgehead atoms. The van der Waals surface area contributed by atoms with E-state index < -0.39 is 0 Å². The Balaban J connectivity index is 1.16. The summed E-state index contributed by atoms with van der Waals surface area (Å²) in [6.07, 6.45) is 3.65. The Morgan fingerprint density at radius 2 is 0.690 bits per heavy atom. The first-order chi connectivity index (χ1) is 28.1. The number of para-hydroxylation sites is 4. The minimum Gasteiger partial charge on any atom is -0.310 e. The highest BCUT2D eigenvalue weighted by Gasteiger charge is 2.38. The number of anilines is 6. The molecule has 8 aromatic rings. The van der Waals surface area contributed by atoms with Crippen LogP contribution in [0.15, 0.2) is 170 Å². The van der Waals surface area contributed by atoms with Crippen molar-refractivity contribution < 1.29 is 0 Å². The van der Waals surface area contributed by atoms with E-state index in [0.29, 0.717) is 5.82 Å². The van der Waals surface area contributed by atoms with E-state index in [1.54, 1.807) is 0 Å². The molecule has 0 unspecified atom stereocenters. The SMILES string of the molecule is Cc1c(-c2cc(-c3ncccn3)cc(-c3cccc(N4c5ccccc5C(C)(C)c5ccccc54)c3C)c2)cccc1N1c2ccccc2C(C)(C)c2ccccc21. The Bertz CT molecular complexity index is 2610. The summed E-state index contributed by atoms with van der Waals surface area (Å²) >= 11 is 0. The van der Waals surface area contributed by atoms with Crippen molar-refractivity contribution in [1.82, 2.24) is 9.97 Å². The van der Waals surface area contributed by atoms with Gasteiger partial charge in [-0.1, -0.05) is 125 Å². The molecule has 58 heavy (non-hydrogen) atoms. The van der Waals surface area contributed by atoms with Crippen molar-refractivity contribution in [3.8, 4) is 33.6 Å². The number of rotatable bonds is 5. The van der Waals surface area contributed by atoms with Crippen molar-refractivity contribution in [2.75, 3.05) is 9.80 Å². The Hall–Kier alpha value is -6.78. The molecule has 0 fully saturated rings. The van der Waals surface area contributed by atoms with Gasteiger partial charge >= 0.3 is 0 Å². The highest BCUT2D eigenvalue weighted by atomic mass is 15.2. The minimum atomic E-state index is -0.130. The van der Waals surface area contributed by atoms with Crippen LogP contribution in [0, 0.1) is 13.8 Å². The third-order valence-electron chi connectivity index (χ3n) is 12.7. The Labute approximate surface area is 342 Å². The lowest BCUT2D eigenvalue weighted by Gasteiger charge is -2.42. The summed E-state index contributed by atoms with van der Waals surface area (Å²) in [6.45, 7) is 13.9. The van der Waals surface area contributed by atoms with E-state index >= 15 is 0 Å². The largest absolute Gasteiger partial charge is 0.310 e. The van der Waals surface area contributed by atoms with Gasteiger partial charge in [-0.2, -0.15) is 0 Å². The van der Waals surface area contributed by atoms with Crippen LogP contribution in [-0.4, -0.2) is 9.97 Å². The van der Waals surface area contributed by atoms with Gasteiger partial charge in [0.15, 0.2) is 5.82 Å². The Morgan fingerprint density at radius 1 is 0.362 bits per heavy atom. The second-order valence-corrected chi connectivity index (χ2v) is 16.8. The lowest BCUT2D eigenvalue weighted by atomic mass is 9.73. The monoisotopic (exact) mass is 750 g/mol. The predicted octanol–water partition coefficient (Wildman–Crippen LogP) is 14.3. The molecule has 4 heteroatoms. The average molecular weight is 751 g/mol. The summed E-state index contributed by atoms with van der Waals surface area (Å²) in [6, 6.07) is 57.6. The van der Waals surface area contributed by atoms with Gasteiger partial charge in [0.1, 0.15) is 0 Å². The van der Waals surface area contributed by atoms with Crippen LogP contribution in [0.25, 0.3) is 33.6 Å². The molecule has 282 valence electrons. The molecule has 0 radical (unpaired) electrons. The number of nitrogens with zero attached hydrogens (tertiary/aromatic N) is 4. The Morgan fingerprint density at radius 3 is 1.07 bits per heavy atom. The van der Waals surface area contributed by atoms with Crippen LogP contribution in [-0.2, 0) is 10.8 Å². The van der Waals surface area contributed by atoms with Gasteiger partial charge in [0.05, 0.1) is 22.7 Å². The second-order valence-electron chi connectivity index (χ2n) is 16.8. The lowest BCUT2D eigenvalue weighted by molar-refractivity contribution is 0.631. The first-order valence-corrected chi connectivity index (χ1v) is 20.3. The number of aromatic nitrogens is 2. The standard InChI is InChI=1S/C54H46N4/c1-35-40(18-15-28-46(35)57-48-24-11-7-20-42(48)53(3,4)43-21-8-12-25-49(43)57)37-32-38(34-39(33-37)52-55-30-17-31-56-52)41-19-16-29-47(36(41)2)58-50-26-13-9-22-44(50)54(5,6)45-23-10-14-27-51(45)58/h7-34H,1-6H3. The molecule has 0 saturated carbocycles. The van der Waals surface area contributed by atoms with Gasteiger partial charge in [-0.3, -0.25) is 0 Å². The highest BCUT2D eigenvalue weighted by molar-refractivity contribution is 5.93. The number of hydrogen-bond donors (Lipinski definition) is 0. The third-order valence-corrected chi connectivity index (χ3v) is 12.7. The summed E-state index contributed by atoms with van der Waals surface area (Å²) in [7, 11) is 0. The summed E-state index contributed by atoms with van der Waals surface area (Å²) in [5, 5.41) is 0. The van der Waals surface area contributed by atoms with Crippen molar-refractivity contribution in [3.63, 3.8) is 0 Å². The first kappa shape index (κ1) is 35.6. The van der Waals surface area contributed by atoms with Gasteiger partial charge in [0.25, 0.3) is 0 Å². The van der Waals surface area contributed by atoms with Crippen molar-refractivity contribution >= 4 is 34.1 Å². The van der Waals surface area contributed by atoms with E-state index in [0.717, 1.165) is 16.7 Å². The van der Waals surface area contributed by atoms with Crippen molar-refractivity contribution in [1.29, 1.82) is 0 Å². The zero-order valence-electron chi connectivity index (χ0n) is 34.0. The summed E-state index contributed by atoms with van der Waals surface area (Å²) < 4.78 is 0. The van der Waals surface area contributed by atoms with Crippen LogP contribution >= 0.6 is 0 Å². The lowest BCUT2D eigenvalue weighted by Crippen LogP contribution is -2.30. The molecule has 0 amide bonds. The molecule has 0 N–H and O–H groups in total. The third kappa shape index (κ3) is 5.43. The van der Waals surface area contributed by atoms with Crippen molar-refractivity contribution in [2.45, 2.75) is 52.4 Å². The molecule has 2 aliphatic heterocycles. The van der Waals surface area contributed by atoms with Gasteiger partial charge < -0.3 is 9.80 Å². The number of benzene rings is 7. The second kappa shape index (κ2) is 13.4. The van der Waals surface area contributed by atoms with Crippen LogP contribution in [0.5, 0.6) is 0 Å². The van der Waals surface area contributed by atoms with Gasteiger partial charge in [0, 0.05) is 40.2 Å². The zero-order valence-corrected chi connectivity index (χ0v) is 34.0.